The number of nitrogens with zero attached hydrogens (tertiary/aromatic N) is 1. The van der Waals surface area contributed by atoms with Gasteiger partial charge in [-0.1, -0.05) is 36.4 Å². The van der Waals surface area contributed by atoms with Crippen molar-refractivity contribution < 1.29 is 9.53 Å². The first-order valence-electron chi connectivity index (χ1n) is 8.62. The number of ether oxygens (including phenoxy) is 1. The van der Waals surface area contributed by atoms with E-state index in [1.54, 1.807) is 0 Å². The molecule has 0 bridgehead atoms. The Morgan fingerprint density at radius 1 is 1.04 bits per heavy atom. The molecule has 0 saturated carbocycles. The number of fused-ring (bicyclic) bond motifs is 1. The molecule has 25 heavy (non-hydrogen) atoms. The van der Waals surface area contributed by atoms with E-state index in [4.69, 9.17) is 4.74 Å². The lowest BCUT2D eigenvalue weighted by atomic mass is 10.1. The predicted molar refractivity (Wildman–Crippen MR) is 103 cm³/mol. The Balaban J connectivity index is 1.84. The maximum atomic E-state index is 12.7. The first kappa shape index (κ1) is 17.3. The molecule has 0 N–H and O–H groups in total. The molecule has 3 nitrogen and oxygen atoms in total. The van der Waals surface area contributed by atoms with E-state index in [9.17, 15) is 4.79 Å². The van der Waals surface area contributed by atoms with Gasteiger partial charge in [0.25, 0.3) is 0 Å². The van der Waals surface area contributed by atoms with Gasteiger partial charge in [0, 0.05) is 27.9 Å². The van der Waals surface area contributed by atoms with Gasteiger partial charge in [0.15, 0.2) is 6.61 Å². The highest BCUT2D eigenvalue weighted by Crippen LogP contribution is 2.27. The van der Waals surface area contributed by atoms with Crippen LogP contribution in [0.3, 0.4) is 0 Å². The number of carbonyl (C=O) groups is 1. The first-order chi connectivity index (χ1) is 11.8. The Hall–Kier alpha value is -2.55. The number of aryl methyl sites for hydroxylation is 1. The van der Waals surface area contributed by atoms with Crippen molar-refractivity contribution in [2.45, 2.75) is 40.2 Å². The molecular weight excluding hydrogens is 310 g/mol. The number of hydrogen-bond acceptors (Lipinski definition) is 2. The second-order valence-electron chi connectivity index (χ2n) is 7.48. The zero-order valence-electron chi connectivity index (χ0n) is 15.6. The Morgan fingerprint density at radius 3 is 2.40 bits per heavy atom. The van der Waals surface area contributed by atoms with Crippen LogP contribution in [0.2, 0.25) is 0 Å². The van der Waals surface area contributed by atoms with Gasteiger partial charge in [0.2, 0.25) is 5.78 Å². The van der Waals surface area contributed by atoms with Crippen LogP contribution in [-0.2, 0) is 5.54 Å². The summed E-state index contributed by atoms with van der Waals surface area (Å²) in [5, 5.41) is 2.14. The van der Waals surface area contributed by atoms with E-state index in [-0.39, 0.29) is 17.9 Å². The number of benzene rings is 2. The van der Waals surface area contributed by atoms with E-state index in [0.29, 0.717) is 0 Å². The van der Waals surface area contributed by atoms with Crippen molar-refractivity contribution in [2.24, 2.45) is 0 Å². The zero-order valence-corrected chi connectivity index (χ0v) is 15.6. The maximum Gasteiger partial charge on any atom is 0.202 e. The van der Waals surface area contributed by atoms with E-state index in [0.717, 1.165) is 33.5 Å². The second-order valence-corrected chi connectivity index (χ2v) is 7.48. The van der Waals surface area contributed by atoms with Crippen LogP contribution in [0.4, 0.5) is 0 Å². The van der Waals surface area contributed by atoms with Gasteiger partial charge in [-0.25, -0.2) is 0 Å². The first-order valence-corrected chi connectivity index (χ1v) is 8.62. The predicted octanol–water partition coefficient (Wildman–Crippen LogP) is 5.27. The molecule has 0 atom stereocenters. The molecule has 0 amide bonds. The molecule has 0 aliphatic heterocycles. The second kappa shape index (κ2) is 6.40. The summed E-state index contributed by atoms with van der Waals surface area (Å²) < 4.78 is 8.07. The lowest BCUT2D eigenvalue weighted by Gasteiger charge is -2.25. The normalized spacial score (nSPS) is 11.7. The summed E-state index contributed by atoms with van der Waals surface area (Å²) in [5.41, 5.74) is 2.78. The average molecular weight is 335 g/mol. The highest BCUT2D eigenvalue weighted by atomic mass is 16.5. The van der Waals surface area contributed by atoms with Crippen molar-refractivity contribution in [1.29, 1.82) is 0 Å². The molecule has 0 spiro atoms. The highest BCUT2D eigenvalue weighted by molar-refractivity contribution is 5.99. The van der Waals surface area contributed by atoms with Crippen molar-refractivity contribution in [3.05, 3.63) is 65.5 Å². The fourth-order valence-corrected chi connectivity index (χ4v) is 3.62. The fraction of sp³-hybridized carbons (Fsp3) is 0.318. The summed E-state index contributed by atoms with van der Waals surface area (Å²) in [5.74, 6) is 0.757. The van der Waals surface area contributed by atoms with Gasteiger partial charge >= 0.3 is 0 Å². The van der Waals surface area contributed by atoms with Gasteiger partial charge in [-0.2, -0.15) is 0 Å². The molecule has 1 aromatic heterocycles. The van der Waals surface area contributed by atoms with Crippen LogP contribution >= 0.6 is 0 Å². The van der Waals surface area contributed by atoms with Crippen LogP contribution in [0.1, 0.15) is 42.5 Å². The van der Waals surface area contributed by atoms with Gasteiger partial charge in [-0.05, 0) is 52.1 Å². The minimum atomic E-state index is -0.0524. The summed E-state index contributed by atoms with van der Waals surface area (Å²) >= 11 is 0. The van der Waals surface area contributed by atoms with E-state index >= 15 is 0 Å². The molecular formula is C22H25NO2. The number of ketones is 1. The Bertz CT molecular complexity index is 924. The SMILES string of the molecule is Cc1cc(C(=O)COc2cccc3ccccc23)c(C)n1C(C)(C)C. The minimum Gasteiger partial charge on any atom is -0.485 e. The molecule has 2 aromatic carbocycles. The summed E-state index contributed by atoms with van der Waals surface area (Å²) in [6.07, 6.45) is 0. The van der Waals surface area contributed by atoms with E-state index in [2.05, 4.69) is 25.3 Å². The lowest BCUT2D eigenvalue weighted by molar-refractivity contribution is 0.0921. The highest BCUT2D eigenvalue weighted by Gasteiger charge is 2.23. The number of rotatable bonds is 4. The molecule has 1 heterocycles. The smallest absolute Gasteiger partial charge is 0.202 e. The van der Waals surface area contributed by atoms with Gasteiger partial charge < -0.3 is 9.30 Å². The Kier molecular flexibility index (Phi) is 4.42. The largest absolute Gasteiger partial charge is 0.485 e. The van der Waals surface area contributed by atoms with Crippen molar-refractivity contribution >= 4 is 16.6 Å². The minimum absolute atomic E-state index is 0.0107. The summed E-state index contributed by atoms with van der Waals surface area (Å²) in [4.78, 5) is 12.7. The molecule has 3 aromatic rings. The van der Waals surface area contributed by atoms with Gasteiger partial charge in [-0.3, -0.25) is 4.79 Å². The van der Waals surface area contributed by atoms with E-state index < -0.39 is 0 Å². The molecule has 0 aliphatic rings. The van der Waals surface area contributed by atoms with E-state index in [1.165, 1.54) is 0 Å². The molecule has 0 saturated heterocycles. The van der Waals surface area contributed by atoms with Crippen molar-refractivity contribution in [1.82, 2.24) is 4.57 Å². The number of carbonyl (C=O) groups excluding carboxylic acids is 1. The molecule has 3 heteroatoms. The number of aromatic nitrogens is 1. The molecule has 3 rings (SSSR count). The standard InChI is InChI=1S/C22H25NO2/c1-15-13-19(16(2)23(15)22(3,4)5)20(24)14-25-21-12-8-10-17-9-6-7-11-18(17)21/h6-13H,14H2,1-5H3. The quantitative estimate of drug-likeness (QED) is 0.608. The Labute approximate surface area is 149 Å². The molecule has 130 valence electrons. The van der Waals surface area contributed by atoms with Crippen molar-refractivity contribution in [2.75, 3.05) is 6.61 Å². The molecule has 0 aliphatic carbocycles. The average Bonchev–Trinajstić information content (AvgIpc) is 2.87. The van der Waals surface area contributed by atoms with Crippen LogP contribution in [0.25, 0.3) is 10.8 Å². The van der Waals surface area contributed by atoms with Gasteiger partial charge in [-0.15, -0.1) is 0 Å². The zero-order chi connectivity index (χ0) is 18.2. The molecule has 0 radical (unpaired) electrons. The van der Waals surface area contributed by atoms with Crippen LogP contribution in [0, 0.1) is 13.8 Å². The summed E-state index contributed by atoms with van der Waals surface area (Å²) in [6.45, 7) is 10.5. The summed E-state index contributed by atoms with van der Waals surface area (Å²) in [6, 6.07) is 15.9. The van der Waals surface area contributed by atoms with Crippen LogP contribution in [0.5, 0.6) is 5.75 Å². The molecule has 0 fully saturated rings. The summed E-state index contributed by atoms with van der Waals surface area (Å²) in [7, 11) is 0. The third-order valence-corrected chi connectivity index (χ3v) is 4.51. The van der Waals surface area contributed by atoms with Crippen molar-refractivity contribution in [3.8, 4) is 5.75 Å². The number of hydrogen-bond donors (Lipinski definition) is 0. The van der Waals surface area contributed by atoms with Crippen LogP contribution in [-0.4, -0.2) is 17.0 Å². The fourth-order valence-electron chi connectivity index (χ4n) is 3.62. The maximum absolute atomic E-state index is 12.7. The third-order valence-electron chi connectivity index (χ3n) is 4.51. The number of Topliss-reactive ketones (excluding diaryl/α,β-unsaturated/α-hetero) is 1. The van der Waals surface area contributed by atoms with Gasteiger partial charge in [0.05, 0.1) is 0 Å². The molecule has 0 unspecified atom stereocenters. The van der Waals surface area contributed by atoms with Crippen molar-refractivity contribution in [3.63, 3.8) is 0 Å². The third kappa shape index (κ3) is 3.32. The Morgan fingerprint density at radius 2 is 1.72 bits per heavy atom. The van der Waals surface area contributed by atoms with Crippen LogP contribution < -0.4 is 4.74 Å². The monoisotopic (exact) mass is 335 g/mol. The van der Waals surface area contributed by atoms with Crippen LogP contribution in [0.15, 0.2) is 48.5 Å². The van der Waals surface area contributed by atoms with E-state index in [1.807, 2.05) is 62.4 Å². The van der Waals surface area contributed by atoms with Gasteiger partial charge in [0.1, 0.15) is 5.75 Å². The lowest BCUT2D eigenvalue weighted by Crippen LogP contribution is -2.24. The topological polar surface area (TPSA) is 31.2 Å².